The van der Waals surface area contributed by atoms with E-state index in [9.17, 15) is 13.2 Å². The van der Waals surface area contributed by atoms with Gasteiger partial charge in [0.15, 0.2) is 0 Å². The van der Waals surface area contributed by atoms with Crippen LogP contribution in [-0.2, 0) is 14.6 Å². The predicted molar refractivity (Wildman–Crippen MR) is 83.9 cm³/mol. The molecule has 0 aromatic carbocycles. The fraction of sp³-hybridized carbons (Fsp3) is 0.800. The van der Waals surface area contributed by atoms with Gasteiger partial charge in [0.2, 0.25) is 5.91 Å². The number of piperidine rings is 1. The Morgan fingerprint density at radius 3 is 2.57 bits per heavy atom. The molecule has 5 nitrogen and oxygen atoms in total. The summed E-state index contributed by atoms with van der Waals surface area (Å²) in [5.41, 5.74) is 0.0905. The minimum atomic E-state index is -3.08. The van der Waals surface area contributed by atoms with Crippen LogP contribution in [0.1, 0.15) is 32.1 Å². The number of rotatable bonds is 5. The van der Waals surface area contributed by atoms with Crippen molar-refractivity contribution in [3.8, 4) is 0 Å². The molecule has 1 spiro atoms. The number of hydrogen-bond donors (Lipinski definition) is 0. The summed E-state index contributed by atoms with van der Waals surface area (Å²) >= 11 is 0. The molecule has 6 heteroatoms. The third-order valence-electron chi connectivity index (χ3n) is 4.69. The van der Waals surface area contributed by atoms with Gasteiger partial charge in [-0.1, -0.05) is 6.08 Å². The Balaban J connectivity index is 2.00. The second-order valence-electron chi connectivity index (χ2n) is 6.36. The maximum Gasteiger partial charge on any atom is 0.223 e. The van der Waals surface area contributed by atoms with E-state index in [1.54, 1.807) is 0 Å². The standard InChI is InChI=1S/C15H26N2O3S/c1-3-9-17-11-5-8-15(17)7-4-10-16(13-15)14(18)6-12-21(2,19)20/h3H,1,4-13H2,2H3. The topological polar surface area (TPSA) is 57.7 Å². The van der Waals surface area contributed by atoms with Gasteiger partial charge in [0.1, 0.15) is 9.84 Å². The minimum absolute atomic E-state index is 0.0232. The van der Waals surface area contributed by atoms with Crippen LogP contribution in [0.2, 0.25) is 0 Å². The van der Waals surface area contributed by atoms with Gasteiger partial charge < -0.3 is 4.90 Å². The van der Waals surface area contributed by atoms with E-state index < -0.39 is 9.84 Å². The Labute approximate surface area is 127 Å². The quantitative estimate of drug-likeness (QED) is 0.712. The molecule has 2 rings (SSSR count). The third-order valence-corrected chi connectivity index (χ3v) is 5.63. The van der Waals surface area contributed by atoms with Crippen LogP contribution in [-0.4, -0.2) is 67.9 Å². The highest BCUT2D eigenvalue weighted by Crippen LogP contribution is 2.37. The summed E-state index contributed by atoms with van der Waals surface area (Å²) in [6.45, 7) is 7.25. The van der Waals surface area contributed by atoms with Crippen LogP contribution in [0.25, 0.3) is 0 Å². The molecule has 2 saturated heterocycles. The van der Waals surface area contributed by atoms with Crippen molar-refractivity contribution in [1.82, 2.24) is 9.80 Å². The van der Waals surface area contributed by atoms with E-state index in [1.165, 1.54) is 12.7 Å². The van der Waals surface area contributed by atoms with E-state index in [0.717, 1.165) is 45.4 Å². The number of hydrogen-bond acceptors (Lipinski definition) is 4. The van der Waals surface area contributed by atoms with E-state index in [1.807, 2.05) is 11.0 Å². The van der Waals surface area contributed by atoms with Crippen molar-refractivity contribution < 1.29 is 13.2 Å². The number of amides is 1. The van der Waals surface area contributed by atoms with Crippen molar-refractivity contribution in [3.05, 3.63) is 12.7 Å². The average molecular weight is 314 g/mol. The highest BCUT2D eigenvalue weighted by molar-refractivity contribution is 7.90. The molecule has 0 bridgehead atoms. The largest absolute Gasteiger partial charge is 0.341 e. The summed E-state index contributed by atoms with van der Waals surface area (Å²) in [5.74, 6) is -0.0731. The molecule has 1 atom stereocenters. The average Bonchev–Trinajstić information content (AvgIpc) is 2.78. The maximum atomic E-state index is 12.3. The summed E-state index contributed by atoms with van der Waals surface area (Å²) in [4.78, 5) is 16.6. The smallest absolute Gasteiger partial charge is 0.223 e. The molecular weight excluding hydrogens is 288 g/mol. The molecule has 0 radical (unpaired) electrons. The number of carbonyl (C=O) groups excluding carboxylic acids is 1. The Hall–Kier alpha value is -0.880. The number of carbonyl (C=O) groups is 1. The summed E-state index contributed by atoms with van der Waals surface area (Å²) in [5, 5.41) is 0. The first-order valence-electron chi connectivity index (χ1n) is 7.68. The highest BCUT2D eigenvalue weighted by atomic mass is 32.2. The first kappa shape index (κ1) is 16.5. The van der Waals surface area contributed by atoms with Crippen LogP contribution in [0.3, 0.4) is 0 Å². The lowest BCUT2D eigenvalue weighted by molar-refractivity contribution is -0.134. The van der Waals surface area contributed by atoms with Gasteiger partial charge in [-0.3, -0.25) is 9.69 Å². The second kappa shape index (κ2) is 6.48. The van der Waals surface area contributed by atoms with Crippen LogP contribution in [0, 0.1) is 0 Å². The van der Waals surface area contributed by atoms with E-state index in [4.69, 9.17) is 0 Å². The normalized spacial score (nSPS) is 27.2. The van der Waals surface area contributed by atoms with Crippen LogP contribution >= 0.6 is 0 Å². The van der Waals surface area contributed by atoms with Gasteiger partial charge >= 0.3 is 0 Å². The number of nitrogens with zero attached hydrogens (tertiary/aromatic N) is 2. The zero-order valence-corrected chi connectivity index (χ0v) is 13.7. The first-order chi connectivity index (χ1) is 9.86. The molecule has 21 heavy (non-hydrogen) atoms. The summed E-state index contributed by atoms with van der Waals surface area (Å²) in [6, 6.07) is 0. The van der Waals surface area contributed by atoms with E-state index in [2.05, 4.69) is 11.5 Å². The van der Waals surface area contributed by atoms with Crippen molar-refractivity contribution in [3.63, 3.8) is 0 Å². The molecule has 120 valence electrons. The lowest BCUT2D eigenvalue weighted by Crippen LogP contribution is -2.57. The molecule has 0 aromatic heterocycles. The molecule has 2 heterocycles. The first-order valence-corrected chi connectivity index (χ1v) is 9.74. The Bertz CT molecular complexity index is 503. The van der Waals surface area contributed by atoms with Gasteiger partial charge in [0, 0.05) is 37.8 Å². The fourth-order valence-corrected chi connectivity index (χ4v) is 4.20. The van der Waals surface area contributed by atoms with E-state index in [0.29, 0.717) is 0 Å². The monoisotopic (exact) mass is 314 g/mol. The second-order valence-corrected chi connectivity index (χ2v) is 8.62. The zero-order valence-electron chi connectivity index (χ0n) is 12.9. The molecule has 2 aliphatic heterocycles. The van der Waals surface area contributed by atoms with Gasteiger partial charge in [-0.05, 0) is 32.2 Å². The molecule has 0 saturated carbocycles. The lowest BCUT2D eigenvalue weighted by atomic mass is 9.86. The Kier molecular flexibility index (Phi) is 5.09. The SMILES string of the molecule is C=CCN1CCCC12CCCN(C(=O)CCS(C)(=O)=O)C2. The molecule has 1 unspecified atom stereocenters. The molecular formula is C15H26N2O3S. The molecule has 2 fully saturated rings. The van der Waals surface area contributed by atoms with Crippen LogP contribution in [0.15, 0.2) is 12.7 Å². The summed E-state index contributed by atoms with van der Waals surface area (Å²) < 4.78 is 22.4. The van der Waals surface area contributed by atoms with Gasteiger partial charge in [-0.2, -0.15) is 0 Å². The van der Waals surface area contributed by atoms with Crippen LogP contribution in [0.5, 0.6) is 0 Å². The summed E-state index contributed by atoms with van der Waals surface area (Å²) in [6.07, 6.45) is 7.62. The van der Waals surface area contributed by atoms with Gasteiger partial charge in [0.05, 0.1) is 5.75 Å². The van der Waals surface area contributed by atoms with E-state index in [-0.39, 0.29) is 23.6 Å². The highest BCUT2D eigenvalue weighted by Gasteiger charge is 2.44. The molecule has 0 N–H and O–H groups in total. The van der Waals surface area contributed by atoms with Crippen LogP contribution in [0.4, 0.5) is 0 Å². The molecule has 0 aromatic rings. The van der Waals surface area contributed by atoms with Gasteiger partial charge in [-0.15, -0.1) is 6.58 Å². The summed E-state index contributed by atoms with van der Waals surface area (Å²) in [7, 11) is -3.08. The number of sulfone groups is 1. The molecule has 2 aliphatic rings. The van der Waals surface area contributed by atoms with Gasteiger partial charge in [-0.25, -0.2) is 8.42 Å². The van der Waals surface area contributed by atoms with Crippen molar-refractivity contribution in [1.29, 1.82) is 0 Å². The Morgan fingerprint density at radius 1 is 1.29 bits per heavy atom. The zero-order chi connectivity index (χ0) is 15.5. The third kappa shape index (κ3) is 4.07. The predicted octanol–water partition coefficient (Wildman–Crippen LogP) is 1.06. The number of likely N-dealkylation sites (tertiary alicyclic amines) is 2. The Morgan fingerprint density at radius 2 is 1.95 bits per heavy atom. The van der Waals surface area contributed by atoms with Crippen molar-refractivity contribution in [2.45, 2.75) is 37.6 Å². The van der Waals surface area contributed by atoms with Gasteiger partial charge in [0.25, 0.3) is 0 Å². The fourth-order valence-electron chi connectivity index (χ4n) is 3.65. The van der Waals surface area contributed by atoms with Crippen molar-refractivity contribution in [2.75, 3.05) is 38.2 Å². The maximum absolute atomic E-state index is 12.3. The van der Waals surface area contributed by atoms with E-state index >= 15 is 0 Å². The lowest BCUT2D eigenvalue weighted by Gasteiger charge is -2.46. The van der Waals surface area contributed by atoms with Crippen molar-refractivity contribution >= 4 is 15.7 Å². The molecule has 1 amide bonds. The molecule has 0 aliphatic carbocycles. The van der Waals surface area contributed by atoms with Crippen LogP contribution < -0.4 is 0 Å². The minimum Gasteiger partial charge on any atom is -0.341 e. The van der Waals surface area contributed by atoms with Crippen molar-refractivity contribution in [2.24, 2.45) is 0 Å².